The summed E-state index contributed by atoms with van der Waals surface area (Å²) in [6.07, 6.45) is 1.68. The molecule has 0 aliphatic carbocycles. The SMILES string of the molecule is CCOC(=O)c1c(SC)ccc(F)c1F. The molecular formula is C10H10F2O2S. The maximum absolute atomic E-state index is 13.3. The Kier molecular flexibility index (Phi) is 4.08. The van der Waals surface area contributed by atoms with Crippen LogP contribution in [0.15, 0.2) is 17.0 Å². The van der Waals surface area contributed by atoms with Gasteiger partial charge >= 0.3 is 5.97 Å². The molecule has 0 spiro atoms. The van der Waals surface area contributed by atoms with Crippen LogP contribution in [-0.4, -0.2) is 18.8 Å². The third-order valence-corrected chi connectivity index (χ3v) is 2.54. The van der Waals surface area contributed by atoms with Gasteiger partial charge in [-0.15, -0.1) is 11.8 Å². The molecule has 2 nitrogen and oxygen atoms in total. The molecule has 0 aromatic heterocycles. The van der Waals surface area contributed by atoms with Gasteiger partial charge in [0.15, 0.2) is 11.6 Å². The molecule has 1 aromatic carbocycles. The molecule has 0 N–H and O–H groups in total. The van der Waals surface area contributed by atoms with Crippen molar-refractivity contribution in [2.45, 2.75) is 11.8 Å². The summed E-state index contributed by atoms with van der Waals surface area (Å²) in [5.41, 5.74) is -0.329. The zero-order valence-corrected chi connectivity index (χ0v) is 9.16. The summed E-state index contributed by atoms with van der Waals surface area (Å²) in [4.78, 5) is 11.7. The van der Waals surface area contributed by atoms with Gasteiger partial charge in [0, 0.05) is 4.90 Å². The lowest BCUT2D eigenvalue weighted by molar-refractivity contribution is 0.0515. The van der Waals surface area contributed by atoms with Crippen molar-refractivity contribution in [3.8, 4) is 0 Å². The first-order valence-corrected chi connectivity index (χ1v) is 5.53. The topological polar surface area (TPSA) is 26.3 Å². The average Bonchev–Trinajstić information content (AvgIpc) is 2.22. The van der Waals surface area contributed by atoms with E-state index in [1.54, 1.807) is 13.2 Å². The lowest BCUT2D eigenvalue weighted by atomic mass is 10.2. The second-order valence-corrected chi connectivity index (χ2v) is 3.51. The second-order valence-electron chi connectivity index (χ2n) is 2.66. The van der Waals surface area contributed by atoms with Crippen molar-refractivity contribution in [3.05, 3.63) is 29.3 Å². The maximum atomic E-state index is 13.3. The van der Waals surface area contributed by atoms with Gasteiger partial charge in [0.2, 0.25) is 0 Å². The highest BCUT2D eigenvalue weighted by Crippen LogP contribution is 2.25. The molecule has 1 rings (SSSR count). The smallest absolute Gasteiger partial charge is 0.342 e. The molecule has 0 amide bonds. The molecule has 0 radical (unpaired) electrons. The minimum Gasteiger partial charge on any atom is -0.462 e. The van der Waals surface area contributed by atoms with E-state index in [0.717, 1.165) is 17.8 Å². The minimum absolute atomic E-state index is 0.128. The van der Waals surface area contributed by atoms with E-state index in [2.05, 4.69) is 4.74 Å². The van der Waals surface area contributed by atoms with Crippen molar-refractivity contribution in [2.24, 2.45) is 0 Å². The van der Waals surface area contributed by atoms with Crippen molar-refractivity contribution in [3.63, 3.8) is 0 Å². The molecule has 82 valence electrons. The molecule has 0 atom stereocenters. The third kappa shape index (κ3) is 2.47. The van der Waals surface area contributed by atoms with E-state index in [0.29, 0.717) is 4.90 Å². The van der Waals surface area contributed by atoms with Gasteiger partial charge in [-0.1, -0.05) is 0 Å². The van der Waals surface area contributed by atoms with Crippen LogP contribution in [0.3, 0.4) is 0 Å². The molecule has 1 aromatic rings. The van der Waals surface area contributed by atoms with E-state index in [4.69, 9.17) is 0 Å². The van der Waals surface area contributed by atoms with Crippen LogP contribution in [0, 0.1) is 11.6 Å². The van der Waals surface area contributed by atoms with E-state index in [1.165, 1.54) is 6.07 Å². The van der Waals surface area contributed by atoms with Crippen molar-refractivity contribution < 1.29 is 18.3 Å². The van der Waals surface area contributed by atoms with E-state index in [9.17, 15) is 13.6 Å². The van der Waals surface area contributed by atoms with Crippen molar-refractivity contribution in [2.75, 3.05) is 12.9 Å². The van der Waals surface area contributed by atoms with E-state index in [-0.39, 0.29) is 12.2 Å². The summed E-state index contributed by atoms with van der Waals surface area (Å²) < 4.78 is 30.9. The van der Waals surface area contributed by atoms with Crippen LogP contribution in [0.1, 0.15) is 17.3 Å². The van der Waals surface area contributed by atoms with Gasteiger partial charge in [-0.25, -0.2) is 13.6 Å². The number of thioether (sulfide) groups is 1. The Hall–Kier alpha value is -1.10. The summed E-state index contributed by atoms with van der Waals surface area (Å²) in [6.45, 7) is 1.73. The predicted molar refractivity (Wildman–Crippen MR) is 54.1 cm³/mol. The number of hydrogen-bond acceptors (Lipinski definition) is 3. The molecule has 0 unspecified atom stereocenters. The maximum Gasteiger partial charge on any atom is 0.342 e. The molecule has 0 bridgehead atoms. The van der Waals surface area contributed by atoms with Gasteiger partial charge in [0.05, 0.1) is 6.61 Å². The molecule has 0 aliphatic rings. The highest BCUT2D eigenvalue weighted by atomic mass is 32.2. The summed E-state index contributed by atoms with van der Waals surface area (Å²) in [5.74, 6) is -3.03. The third-order valence-electron chi connectivity index (χ3n) is 1.76. The Morgan fingerprint density at radius 3 is 2.67 bits per heavy atom. The van der Waals surface area contributed by atoms with Gasteiger partial charge in [0.1, 0.15) is 5.56 Å². The Labute approximate surface area is 90.6 Å². The molecule has 0 saturated heterocycles. The monoisotopic (exact) mass is 232 g/mol. The molecule has 5 heteroatoms. The number of esters is 1. The van der Waals surface area contributed by atoms with Crippen LogP contribution in [0.4, 0.5) is 8.78 Å². The number of carbonyl (C=O) groups excluding carboxylic acids is 1. The fourth-order valence-electron chi connectivity index (χ4n) is 1.10. The highest BCUT2D eigenvalue weighted by molar-refractivity contribution is 7.98. The predicted octanol–water partition coefficient (Wildman–Crippen LogP) is 2.86. The lowest BCUT2D eigenvalue weighted by Crippen LogP contribution is -2.10. The Morgan fingerprint density at radius 1 is 1.47 bits per heavy atom. The van der Waals surface area contributed by atoms with Crippen molar-refractivity contribution in [1.82, 2.24) is 0 Å². The lowest BCUT2D eigenvalue weighted by Gasteiger charge is -2.07. The van der Waals surface area contributed by atoms with Crippen LogP contribution < -0.4 is 0 Å². The van der Waals surface area contributed by atoms with Gasteiger partial charge in [-0.3, -0.25) is 0 Å². The molecular weight excluding hydrogens is 222 g/mol. The van der Waals surface area contributed by atoms with E-state index < -0.39 is 17.6 Å². The van der Waals surface area contributed by atoms with Crippen LogP contribution >= 0.6 is 11.8 Å². The zero-order chi connectivity index (χ0) is 11.4. The number of carbonyl (C=O) groups is 1. The standard InChI is InChI=1S/C10H10F2O2S/c1-3-14-10(13)8-7(15-2)5-4-6(11)9(8)12/h4-5H,3H2,1-2H3. The first-order valence-electron chi connectivity index (χ1n) is 4.31. The summed E-state index contributed by atoms with van der Waals surface area (Å²) in [7, 11) is 0. The Bertz CT molecular complexity index is 380. The van der Waals surface area contributed by atoms with Gasteiger partial charge in [0.25, 0.3) is 0 Å². The van der Waals surface area contributed by atoms with Crippen LogP contribution in [-0.2, 0) is 4.74 Å². The summed E-state index contributed by atoms with van der Waals surface area (Å²) in [5, 5.41) is 0. The van der Waals surface area contributed by atoms with Crippen LogP contribution in [0.25, 0.3) is 0 Å². The first kappa shape index (κ1) is 12.0. The van der Waals surface area contributed by atoms with Crippen LogP contribution in [0.2, 0.25) is 0 Å². The number of ether oxygens (including phenoxy) is 1. The molecule has 0 fully saturated rings. The largest absolute Gasteiger partial charge is 0.462 e. The fraction of sp³-hybridized carbons (Fsp3) is 0.300. The second kappa shape index (κ2) is 5.11. The average molecular weight is 232 g/mol. The van der Waals surface area contributed by atoms with Gasteiger partial charge < -0.3 is 4.74 Å². The van der Waals surface area contributed by atoms with E-state index in [1.807, 2.05) is 0 Å². The fourth-order valence-corrected chi connectivity index (χ4v) is 1.68. The number of halogens is 2. The van der Waals surface area contributed by atoms with Crippen molar-refractivity contribution in [1.29, 1.82) is 0 Å². The first-order chi connectivity index (χ1) is 7.11. The highest BCUT2D eigenvalue weighted by Gasteiger charge is 2.20. The molecule has 15 heavy (non-hydrogen) atoms. The number of rotatable bonds is 3. The molecule has 0 aliphatic heterocycles. The molecule has 0 heterocycles. The summed E-state index contributed by atoms with van der Waals surface area (Å²) >= 11 is 1.16. The minimum atomic E-state index is -1.15. The van der Waals surface area contributed by atoms with Crippen molar-refractivity contribution >= 4 is 17.7 Å². The quantitative estimate of drug-likeness (QED) is 0.592. The number of benzene rings is 1. The van der Waals surface area contributed by atoms with Gasteiger partial charge in [-0.05, 0) is 25.3 Å². The van der Waals surface area contributed by atoms with Crippen LogP contribution in [0.5, 0.6) is 0 Å². The van der Waals surface area contributed by atoms with E-state index >= 15 is 0 Å². The Balaban J connectivity index is 3.23. The summed E-state index contributed by atoms with van der Waals surface area (Å²) in [6, 6.07) is 2.35. The Morgan fingerprint density at radius 2 is 2.13 bits per heavy atom. The zero-order valence-electron chi connectivity index (χ0n) is 8.34. The number of hydrogen-bond donors (Lipinski definition) is 0. The normalized spacial score (nSPS) is 10.1. The van der Waals surface area contributed by atoms with Gasteiger partial charge in [-0.2, -0.15) is 0 Å². The molecule has 0 saturated carbocycles.